The number of aromatic carboxylic acids is 1. The van der Waals surface area contributed by atoms with E-state index in [1.165, 1.54) is 17.0 Å². The van der Waals surface area contributed by atoms with Gasteiger partial charge in [-0.3, -0.25) is 0 Å². The van der Waals surface area contributed by atoms with Crippen molar-refractivity contribution in [3.63, 3.8) is 0 Å². The van der Waals surface area contributed by atoms with Gasteiger partial charge in [-0.1, -0.05) is 0 Å². The molecule has 5 nitrogen and oxygen atoms in total. The van der Waals surface area contributed by atoms with Crippen molar-refractivity contribution in [1.29, 1.82) is 0 Å². The lowest BCUT2D eigenvalue weighted by molar-refractivity contribution is 0.0697. The first-order chi connectivity index (χ1) is 9.08. The number of hydrogen-bond donors (Lipinski definition) is 2. The molecule has 0 bridgehead atoms. The fourth-order valence-electron chi connectivity index (χ4n) is 1.64. The van der Waals surface area contributed by atoms with Crippen LogP contribution in [0.15, 0.2) is 23.7 Å². The lowest BCUT2D eigenvalue weighted by atomic mass is 10.2. The summed E-state index contributed by atoms with van der Waals surface area (Å²) in [6.07, 6.45) is 0.753. The summed E-state index contributed by atoms with van der Waals surface area (Å²) < 4.78 is 5.54. The molecule has 6 heteroatoms. The Morgan fingerprint density at radius 3 is 2.95 bits per heavy atom. The van der Waals surface area contributed by atoms with Gasteiger partial charge in [0.15, 0.2) is 0 Å². The molecule has 0 amide bonds. The van der Waals surface area contributed by atoms with Crippen LogP contribution in [0.3, 0.4) is 0 Å². The van der Waals surface area contributed by atoms with Gasteiger partial charge >= 0.3 is 5.97 Å². The molecule has 1 heterocycles. The van der Waals surface area contributed by atoms with E-state index in [1.54, 1.807) is 22.9 Å². The lowest BCUT2D eigenvalue weighted by Crippen LogP contribution is -2.05. The lowest BCUT2D eigenvalue weighted by Gasteiger charge is -2.08. The summed E-state index contributed by atoms with van der Waals surface area (Å²) in [7, 11) is 0. The molecule has 1 aromatic heterocycles. The van der Waals surface area contributed by atoms with Crippen LogP contribution in [0, 0.1) is 6.92 Å². The quantitative estimate of drug-likeness (QED) is 0.820. The Balaban J connectivity index is 1.98. The minimum Gasteiger partial charge on any atom is -0.493 e. The molecule has 1 aromatic carbocycles. The molecule has 0 aliphatic carbocycles. The first kappa shape index (κ1) is 13.4. The molecule has 0 aliphatic rings. The van der Waals surface area contributed by atoms with Gasteiger partial charge < -0.3 is 15.6 Å². The standard InChI is InChI=1S/C13H14N2O3S/c1-8-12(19-7-15-8)4-5-18-9-2-3-11(14)10(6-9)13(16)17/h2-3,6-7H,4-5,14H2,1H3,(H,16,17). The molecule has 0 unspecified atom stereocenters. The molecule has 0 aliphatic heterocycles. The van der Waals surface area contributed by atoms with Gasteiger partial charge in [0.05, 0.1) is 23.4 Å². The maximum absolute atomic E-state index is 10.9. The van der Waals surface area contributed by atoms with E-state index in [0.717, 1.165) is 12.1 Å². The van der Waals surface area contributed by atoms with E-state index in [-0.39, 0.29) is 11.3 Å². The fourth-order valence-corrected chi connectivity index (χ4v) is 2.40. The van der Waals surface area contributed by atoms with E-state index in [1.807, 2.05) is 6.92 Å². The van der Waals surface area contributed by atoms with Gasteiger partial charge in [-0.25, -0.2) is 9.78 Å². The van der Waals surface area contributed by atoms with Crippen molar-refractivity contribution in [2.45, 2.75) is 13.3 Å². The average Bonchev–Trinajstić information content (AvgIpc) is 2.77. The van der Waals surface area contributed by atoms with Crippen molar-refractivity contribution in [3.05, 3.63) is 39.8 Å². The molecule has 2 aromatic rings. The largest absolute Gasteiger partial charge is 0.493 e. The zero-order chi connectivity index (χ0) is 13.8. The number of aromatic nitrogens is 1. The van der Waals surface area contributed by atoms with Gasteiger partial charge in [-0.05, 0) is 25.1 Å². The Morgan fingerprint density at radius 1 is 1.53 bits per heavy atom. The van der Waals surface area contributed by atoms with Crippen LogP contribution in [-0.4, -0.2) is 22.7 Å². The molecule has 19 heavy (non-hydrogen) atoms. The monoisotopic (exact) mass is 278 g/mol. The van der Waals surface area contributed by atoms with Gasteiger partial charge in [-0.15, -0.1) is 11.3 Å². The summed E-state index contributed by atoms with van der Waals surface area (Å²) in [6, 6.07) is 4.65. The number of aryl methyl sites for hydroxylation is 1. The van der Waals surface area contributed by atoms with Crippen molar-refractivity contribution >= 4 is 23.0 Å². The Kier molecular flexibility index (Phi) is 4.01. The molecule has 0 saturated heterocycles. The predicted octanol–water partition coefficient (Wildman–Crippen LogP) is 2.35. The number of ether oxygens (including phenoxy) is 1. The number of anilines is 1. The van der Waals surface area contributed by atoms with Crippen LogP contribution in [0.1, 0.15) is 20.9 Å². The van der Waals surface area contributed by atoms with Crippen molar-refractivity contribution in [3.8, 4) is 5.75 Å². The highest BCUT2D eigenvalue weighted by molar-refractivity contribution is 7.09. The van der Waals surface area contributed by atoms with Crippen molar-refractivity contribution in [2.75, 3.05) is 12.3 Å². The average molecular weight is 278 g/mol. The Morgan fingerprint density at radius 2 is 2.32 bits per heavy atom. The van der Waals surface area contributed by atoms with Crippen LogP contribution in [0.25, 0.3) is 0 Å². The maximum Gasteiger partial charge on any atom is 0.337 e. The summed E-state index contributed by atoms with van der Waals surface area (Å²) in [4.78, 5) is 16.3. The first-order valence-corrected chi connectivity index (χ1v) is 6.60. The molecule has 0 fully saturated rings. The molecule has 0 radical (unpaired) electrons. The summed E-state index contributed by atoms with van der Waals surface area (Å²) in [5.74, 6) is -0.546. The van der Waals surface area contributed by atoms with E-state index >= 15 is 0 Å². The number of hydrogen-bond acceptors (Lipinski definition) is 5. The molecule has 0 saturated carbocycles. The van der Waals surface area contributed by atoms with Crippen LogP contribution in [0.5, 0.6) is 5.75 Å². The second-order valence-electron chi connectivity index (χ2n) is 4.01. The first-order valence-electron chi connectivity index (χ1n) is 5.72. The van der Waals surface area contributed by atoms with E-state index in [0.29, 0.717) is 12.4 Å². The topological polar surface area (TPSA) is 85.4 Å². The maximum atomic E-state index is 10.9. The van der Waals surface area contributed by atoms with Crippen molar-refractivity contribution in [1.82, 2.24) is 4.98 Å². The summed E-state index contributed by atoms with van der Waals surface area (Å²) in [5, 5.41) is 8.96. The third-order valence-corrected chi connectivity index (χ3v) is 3.69. The molecular weight excluding hydrogens is 264 g/mol. The van der Waals surface area contributed by atoms with Crippen LogP contribution in [0.2, 0.25) is 0 Å². The molecule has 3 N–H and O–H groups in total. The zero-order valence-electron chi connectivity index (χ0n) is 10.4. The van der Waals surface area contributed by atoms with Gasteiger partial charge in [0.25, 0.3) is 0 Å². The fraction of sp³-hybridized carbons (Fsp3) is 0.231. The summed E-state index contributed by atoms with van der Waals surface area (Å²) in [5.41, 5.74) is 8.68. The number of carbonyl (C=O) groups is 1. The number of nitrogens with two attached hydrogens (primary N) is 1. The summed E-state index contributed by atoms with van der Waals surface area (Å²) >= 11 is 1.59. The molecule has 0 atom stereocenters. The molecule has 0 spiro atoms. The molecule has 2 rings (SSSR count). The smallest absolute Gasteiger partial charge is 0.337 e. The van der Waals surface area contributed by atoms with E-state index < -0.39 is 5.97 Å². The highest BCUT2D eigenvalue weighted by Gasteiger charge is 2.09. The second kappa shape index (κ2) is 5.71. The zero-order valence-corrected chi connectivity index (χ0v) is 11.2. The third kappa shape index (κ3) is 3.23. The number of nitrogen functional groups attached to an aromatic ring is 1. The van der Waals surface area contributed by atoms with Gasteiger partial charge in [0.1, 0.15) is 5.75 Å². The minimum atomic E-state index is -1.05. The predicted molar refractivity (Wildman–Crippen MR) is 73.9 cm³/mol. The number of thiazole rings is 1. The normalized spacial score (nSPS) is 10.4. The van der Waals surface area contributed by atoms with Crippen molar-refractivity contribution < 1.29 is 14.6 Å². The van der Waals surface area contributed by atoms with Crippen LogP contribution in [-0.2, 0) is 6.42 Å². The Labute approximate surface area is 114 Å². The van der Waals surface area contributed by atoms with E-state index in [2.05, 4.69) is 4.98 Å². The number of rotatable bonds is 5. The highest BCUT2D eigenvalue weighted by atomic mass is 32.1. The van der Waals surface area contributed by atoms with Gasteiger partial charge in [-0.2, -0.15) is 0 Å². The van der Waals surface area contributed by atoms with Gasteiger partial charge in [0.2, 0.25) is 0 Å². The number of carboxylic acid groups (broad SMARTS) is 1. The van der Waals surface area contributed by atoms with Crippen LogP contribution in [0.4, 0.5) is 5.69 Å². The van der Waals surface area contributed by atoms with Crippen LogP contribution >= 0.6 is 11.3 Å². The number of benzene rings is 1. The van der Waals surface area contributed by atoms with Crippen molar-refractivity contribution in [2.24, 2.45) is 0 Å². The Bertz CT molecular complexity index is 595. The molecule has 100 valence electrons. The number of nitrogens with zero attached hydrogens (tertiary/aromatic N) is 1. The van der Waals surface area contributed by atoms with E-state index in [9.17, 15) is 4.79 Å². The van der Waals surface area contributed by atoms with Crippen LogP contribution < -0.4 is 10.5 Å². The summed E-state index contributed by atoms with van der Waals surface area (Å²) in [6.45, 7) is 2.43. The number of carboxylic acids is 1. The SMILES string of the molecule is Cc1ncsc1CCOc1ccc(N)c(C(=O)O)c1. The van der Waals surface area contributed by atoms with Gasteiger partial charge in [0, 0.05) is 17.0 Å². The molecular formula is C13H14N2O3S. The second-order valence-corrected chi connectivity index (χ2v) is 4.95. The van der Waals surface area contributed by atoms with E-state index in [4.69, 9.17) is 15.6 Å². The minimum absolute atomic E-state index is 0.0615. The highest BCUT2D eigenvalue weighted by Crippen LogP contribution is 2.20. The Hall–Kier alpha value is -2.08. The third-order valence-electron chi connectivity index (χ3n) is 2.70.